The van der Waals surface area contributed by atoms with Gasteiger partial charge in [-0.3, -0.25) is 14.6 Å². The maximum Gasteiger partial charge on any atom is 0.269 e. The van der Waals surface area contributed by atoms with E-state index in [1.165, 1.54) is 4.90 Å². The van der Waals surface area contributed by atoms with Gasteiger partial charge in [0.25, 0.3) is 11.8 Å². The molecule has 0 bridgehead atoms. The van der Waals surface area contributed by atoms with Gasteiger partial charge >= 0.3 is 0 Å². The number of fused-ring (bicyclic) bond motifs is 1. The first-order valence-corrected chi connectivity index (χ1v) is 9.05. The highest BCUT2D eigenvalue weighted by Crippen LogP contribution is 2.23. The zero-order valence-electron chi connectivity index (χ0n) is 16.0. The second-order valence-electron chi connectivity index (χ2n) is 7.10. The van der Waals surface area contributed by atoms with Crippen molar-refractivity contribution in [2.45, 2.75) is 18.9 Å². The summed E-state index contributed by atoms with van der Waals surface area (Å²) in [7, 11) is 1.64. The molecule has 4 rings (SSSR count). The molecule has 8 nitrogen and oxygen atoms in total. The van der Waals surface area contributed by atoms with Crippen LogP contribution < -0.4 is 5.73 Å². The maximum atomic E-state index is 12.1. The molecule has 2 amide bonds. The third-order valence-electron chi connectivity index (χ3n) is 4.95. The van der Waals surface area contributed by atoms with E-state index < -0.39 is 17.4 Å². The van der Waals surface area contributed by atoms with Gasteiger partial charge in [-0.2, -0.15) is 5.10 Å². The van der Waals surface area contributed by atoms with Crippen LogP contribution in [0.4, 0.5) is 0 Å². The average Bonchev–Trinajstić information content (AvgIpc) is 3.20. The van der Waals surface area contributed by atoms with Gasteiger partial charge in [0.05, 0.1) is 16.6 Å². The molecule has 1 fully saturated rings. The first-order valence-electron chi connectivity index (χ1n) is 9.05. The minimum absolute atomic E-state index is 0.137. The van der Waals surface area contributed by atoms with Crippen molar-refractivity contribution < 1.29 is 14.7 Å². The molecular formula is C21H19N5O3. The summed E-state index contributed by atoms with van der Waals surface area (Å²) in [4.78, 5) is 29.6. The zero-order chi connectivity index (χ0) is 20.8. The first kappa shape index (κ1) is 18.7. The standard InChI is InChI=1S/C21H19N5O3/c1-13-10-17-16(12-23-13)18(19(22)27)24-26(17)15-5-3-4-14(11-15)6-7-21(29)8-9-25(2)20(21)28/h3-5,10-12,29H,8-9H2,1-2H3,(H2,22,27)/t21-/m0/s1. The molecule has 0 spiro atoms. The number of likely N-dealkylation sites (tertiary alicyclic amines) is 1. The van der Waals surface area contributed by atoms with Crippen molar-refractivity contribution in [3.05, 3.63) is 53.5 Å². The Balaban J connectivity index is 1.78. The van der Waals surface area contributed by atoms with Crippen molar-refractivity contribution in [1.82, 2.24) is 19.7 Å². The van der Waals surface area contributed by atoms with Crippen molar-refractivity contribution in [2.24, 2.45) is 5.73 Å². The number of aromatic nitrogens is 3. The van der Waals surface area contributed by atoms with Gasteiger partial charge in [-0.05, 0) is 31.2 Å². The van der Waals surface area contributed by atoms with Gasteiger partial charge in [-0.25, -0.2) is 4.68 Å². The summed E-state index contributed by atoms with van der Waals surface area (Å²) in [6.45, 7) is 2.31. The number of likely N-dealkylation sites (N-methyl/N-ethyl adjacent to an activating group) is 1. The monoisotopic (exact) mass is 389 g/mol. The largest absolute Gasteiger partial charge is 0.369 e. The molecule has 29 heavy (non-hydrogen) atoms. The Hall–Kier alpha value is -3.70. The minimum Gasteiger partial charge on any atom is -0.369 e. The topological polar surface area (TPSA) is 114 Å². The van der Waals surface area contributed by atoms with Gasteiger partial charge in [0.2, 0.25) is 5.60 Å². The summed E-state index contributed by atoms with van der Waals surface area (Å²) < 4.78 is 1.61. The first-order chi connectivity index (χ1) is 13.8. The number of nitrogens with two attached hydrogens (primary N) is 1. The summed E-state index contributed by atoms with van der Waals surface area (Å²) >= 11 is 0. The fourth-order valence-electron chi connectivity index (χ4n) is 3.35. The van der Waals surface area contributed by atoms with Gasteiger partial charge < -0.3 is 15.7 Å². The Kier molecular flexibility index (Phi) is 4.32. The molecule has 1 saturated heterocycles. The minimum atomic E-state index is -1.66. The molecule has 0 unspecified atom stereocenters. The van der Waals surface area contributed by atoms with Crippen molar-refractivity contribution in [1.29, 1.82) is 0 Å². The van der Waals surface area contributed by atoms with Crippen LogP contribution in [0.3, 0.4) is 0 Å². The summed E-state index contributed by atoms with van der Waals surface area (Å²) in [5.74, 6) is 4.56. The number of benzene rings is 1. The van der Waals surface area contributed by atoms with Crippen LogP contribution in [0, 0.1) is 18.8 Å². The number of aliphatic hydroxyl groups is 1. The van der Waals surface area contributed by atoms with Crippen LogP contribution in [0.15, 0.2) is 36.5 Å². The molecule has 1 aliphatic rings. The number of hydrogen-bond acceptors (Lipinski definition) is 5. The van der Waals surface area contributed by atoms with Crippen LogP contribution in [0.1, 0.15) is 28.2 Å². The molecule has 1 aromatic carbocycles. The van der Waals surface area contributed by atoms with Gasteiger partial charge in [-0.1, -0.05) is 17.9 Å². The average molecular weight is 389 g/mol. The molecular weight excluding hydrogens is 370 g/mol. The van der Waals surface area contributed by atoms with Gasteiger partial charge in [-0.15, -0.1) is 0 Å². The van der Waals surface area contributed by atoms with E-state index in [2.05, 4.69) is 21.9 Å². The van der Waals surface area contributed by atoms with E-state index >= 15 is 0 Å². The maximum absolute atomic E-state index is 12.1. The predicted molar refractivity (Wildman–Crippen MR) is 106 cm³/mol. The summed E-state index contributed by atoms with van der Waals surface area (Å²) in [6, 6.07) is 8.98. The van der Waals surface area contributed by atoms with E-state index in [4.69, 9.17) is 5.73 Å². The van der Waals surface area contributed by atoms with E-state index in [9.17, 15) is 14.7 Å². The molecule has 8 heteroatoms. The van der Waals surface area contributed by atoms with E-state index in [1.54, 1.807) is 36.1 Å². The molecule has 1 aliphatic heterocycles. The van der Waals surface area contributed by atoms with E-state index in [0.717, 1.165) is 5.69 Å². The van der Waals surface area contributed by atoms with Crippen LogP contribution in [-0.4, -0.2) is 55.8 Å². The summed E-state index contributed by atoms with van der Waals surface area (Å²) in [5.41, 5.74) is 6.69. The molecule has 0 radical (unpaired) electrons. The van der Waals surface area contributed by atoms with Crippen molar-refractivity contribution >= 4 is 22.7 Å². The molecule has 2 aromatic heterocycles. The third-order valence-corrected chi connectivity index (χ3v) is 4.95. The number of hydrogen-bond donors (Lipinski definition) is 2. The van der Waals surface area contributed by atoms with Crippen molar-refractivity contribution in [3.63, 3.8) is 0 Å². The second-order valence-corrected chi connectivity index (χ2v) is 7.10. The lowest BCUT2D eigenvalue weighted by Gasteiger charge is -2.13. The Labute approximate surface area is 166 Å². The van der Waals surface area contributed by atoms with Crippen LogP contribution in [0.25, 0.3) is 16.6 Å². The number of aryl methyl sites for hydroxylation is 1. The number of carbonyl (C=O) groups is 2. The van der Waals surface area contributed by atoms with E-state index in [1.807, 2.05) is 19.1 Å². The number of rotatable bonds is 2. The number of pyridine rings is 1. The predicted octanol–water partition coefficient (Wildman–Crippen LogP) is 0.773. The lowest BCUT2D eigenvalue weighted by Crippen LogP contribution is -2.37. The normalized spacial score (nSPS) is 18.7. The van der Waals surface area contributed by atoms with Crippen LogP contribution in [0.2, 0.25) is 0 Å². The van der Waals surface area contributed by atoms with Crippen LogP contribution in [0.5, 0.6) is 0 Å². The van der Waals surface area contributed by atoms with Crippen LogP contribution in [-0.2, 0) is 4.79 Å². The Morgan fingerprint density at radius 2 is 2.14 bits per heavy atom. The summed E-state index contributed by atoms with van der Waals surface area (Å²) in [5, 5.41) is 15.4. The van der Waals surface area contributed by atoms with Gasteiger partial charge in [0.1, 0.15) is 0 Å². The fraction of sp³-hybridized carbons (Fsp3) is 0.238. The Bertz CT molecular complexity index is 1220. The van der Waals surface area contributed by atoms with E-state index in [0.29, 0.717) is 28.7 Å². The SMILES string of the molecule is Cc1cc2c(cn1)c(C(N)=O)nn2-c1cccc(C#C[C@]2(O)CCN(C)C2=O)c1. The van der Waals surface area contributed by atoms with E-state index in [-0.39, 0.29) is 12.1 Å². The molecule has 0 aliphatic carbocycles. The van der Waals surface area contributed by atoms with Gasteiger partial charge in [0.15, 0.2) is 5.69 Å². The van der Waals surface area contributed by atoms with Crippen molar-refractivity contribution in [3.8, 4) is 17.5 Å². The third kappa shape index (κ3) is 3.22. The van der Waals surface area contributed by atoms with Gasteiger partial charge in [0, 0.05) is 37.5 Å². The lowest BCUT2D eigenvalue weighted by molar-refractivity contribution is -0.137. The molecule has 3 N–H and O–H groups in total. The van der Waals surface area contributed by atoms with Crippen molar-refractivity contribution in [2.75, 3.05) is 13.6 Å². The molecule has 3 aromatic rings. The molecule has 3 heterocycles. The Morgan fingerprint density at radius 1 is 1.34 bits per heavy atom. The number of primary amides is 1. The molecule has 146 valence electrons. The number of carbonyl (C=O) groups excluding carboxylic acids is 2. The number of nitrogens with zero attached hydrogens (tertiary/aromatic N) is 4. The second kappa shape index (κ2) is 6.72. The number of amides is 2. The smallest absolute Gasteiger partial charge is 0.269 e. The Morgan fingerprint density at radius 3 is 2.83 bits per heavy atom. The highest BCUT2D eigenvalue weighted by atomic mass is 16.3. The lowest BCUT2D eigenvalue weighted by atomic mass is 10.0. The molecule has 1 atom stereocenters. The van der Waals surface area contributed by atoms with Crippen LogP contribution >= 0.6 is 0 Å². The highest BCUT2D eigenvalue weighted by Gasteiger charge is 2.42. The quantitative estimate of drug-likeness (QED) is 0.629. The summed E-state index contributed by atoms with van der Waals surface area (Å²) in [6.07, 6.45) is 1.85. The molecule has 0 saturated carbocycles. The highest BCUT2D eigenvalue weighted by molar-refractivity contribution is 6.04. The fourth-order valence-corrected chi connectivity index (χ4v) is 3.35. The zero-order valence-corrected chi connectivity index (χ0v) is 16.0.